The first-order chi connectivity index (χ1) is 12.7. The topological polar surface area (TPSA) is 39.7 Å². The minimum atomic E-state index is 0.000445. The van der Waals surface area contributed by atoms with Gasteiger partial charge in [-0.25, -0.2) is 0 Å². The lowest BCUT2D eigenvalue weighted by atomic mass is 10.1. The van der Waals surface area contributed by atoms with E-state index in [1.165, 1.54) is 5.69 Å². The zero-order valence-corrected chi connectivity index (χ0v) is 15.3. The van der Waals surface area contributed by atoms with Crippen molar-refractivity contribution in [3.05, 3.63) is 72.6 Å². The summed E-state index contributed by atoms with van der Waals surface area (Å²) in [6, 6.07) is 13.7. The molecule has 0 bridgehead atoms. The molecule has 3 rings (SSSR count). The number of likely N-dealkylation sites (N-methyl/N-ethyl adjacent to an activating group) is 1. The highest BCUT2D eigenvalue weighted by Gasteiger charge is 2.17. The van der Waals surface area contributed by atoms with Gasteiger partial charge in [0.05, 0.1) is 12.2 Å². The standard InChI is InChI=1S/C21H26N4O/c1-3-12-25(17-19-6-4-5-11-22-19)21(26)18-7-9-20(10-8-18)24-15-13-23(2)14-16-24/h3-11H,1,12-17H2,2H3. The maximum Gasteiger partial charge on any atom is 0.254 e. The number of rotatable bonds is 6. The molecule has 0 spiro atoms. The monoisotopic (exact) mass is 350 g/mol. The molecule has 1 aromatic heterocycles. The molecule has 1 aromatic carbocycles. The minimum Gasteiger partial charge on any atom is -0.369 e. The summed E-state index contributed by atoms with van der Waals surface area (Å²) < 4.78 is 0. The number of amides is 1. The van der Waals surface area contributed by atoms with Crippen molar-refractivity contribution in [3.63, 3.8) is 0 Å². The van der Waals surface area contributed by atoms with Crippen molar-refractivity contribution in [2.24, 2.45) is 0 Å². The van der Waals surface area contributed by atoms with E-state index in [4.69, 9.17) is 0 Å². The number of hydrogen-bond acceptors (Lipinski definition) is 4. The van der Waals surface area contributed by atoms with Crippen LogP contribution < -0.4 is 4.90 Å². The van der Waals surface area contributed by atoms with E-state index in [0.29, 0.717) is 18.7 Å². The van der Waals surface area contributed by atoms with Crippen molar-refractivity contribution in [3.8, 4) is 0 Å². The molecule has 0 radical (unpaired) electrons. The average Bonchev–Trinajstić information content (AvgIpc) is 2.69. The van der Waals surface area contributed by atoms with Crippen LogP contribution in [0, 0.1) is 0 Å². The first kappa shape index (κ1) is 18.1. The van der Waals surface area contributed by atoms with E-state index in [2.05, 4.69) is 28.4 Å². The maximum atomic E-state index is 12.9. The second kappa shape index (κ2) is 8.63. The molecule has 136 valence electrons. The molecule has 0 unspecified atom stereocenters. The molecule has 1 aliphatic rings. The van der Waals surface area contributed by atoms with Gasteiger partial charge in [-0.1, -0.05) is 12.1 Å². The van der Waals surface area contributed by atoms with Crippen molar-refractivity contribution in [2.45, 2.75) is 6.54 Å². The van der Waals surface area contributed by atoms with E-state index >= 15 is 0 Å². The number of pyridine rings is 1. The number of aromatic nitrogens is 1. The highest BCUT2D eigenvalue weighted by atomic mass is 16.2. The number of nitrogens with zero attached hydrogens (tertiary/aromatic N) is 4. The van der Waals surface area contributed by atoms with Crippen LogP contribution in [0.4, 0.5) is 5.69 Å². The SMILES string of the molecule is C=CCN(Cc1ccccn1)C(=O)c1ccc(N2CCN(C)CC2)cc1. The van der Waals surface area contributed by atoms with Crippen molar-refractivity contribution in [1.82, 2.24) is 14.8 Å². The van der Waals surface area contributed by atoms with Crippen LogP contribution in [0.1, 0.15) is 16.1 Å². The Kier molecular flexibility index (Phi) is 6.02. The van der Waals surface area contributed by atoms with Gasteiger partial charge in [0.2, 0.25) is 0 Å². The van der Waals surface area contributed by atoms with Gasteiger partial charge in [0.15, 0.2) is 0 Å². The molecule has 2 heterocycles. The molecular weight excluding hydrogens is 324 g/mol. The molecule has 0 aliphatic carbocycles. The summed E-state index contributed by atoms with van der Waals surface area (Å²) in [4.78, 5) is 23.7. The van der Waals surface area contributed by atoms with Gasteiger partial charge in [-0.05, 0) is 43.4 Å². The van der Waals surface area contributed by atoms with Gasteiger partial charge in [-0.2, -0.15) is 0 Å². The number of hydrogen-bond donors (Lipinski definition) is 0. The van der Waals surface area contributed by atoms with Gasteiger partial charge < -0.3 is 14.7 Å². The number of piperazine rings is 1. The molecule has 5 heteroatoms. The Morgan fingerprint density at radius 1 is 1.15 bits per heavy atom. The summed E-state index contributed by atoms with van der Waals surface area (Å²) in [5.41, 5.74) is 2.74. The van der Waals surface area contributed by atoms with Crippen LogP contribution in [0.3, 0.4) is 0 Å². The van der Waals surface area contributed by atoms with Gasteiger partial charge in [0.1, 0.15) is 0 Å². The smallest absolute Gasteiger partial charge is 0.254 e. The summed E-state index contributed by atoms with van der Waals surface area (Å²) in [6.45, 7) is 8.92. The van der Waals surface area contributed by atoms with E-state index in [9.17, 15) is 4.79 Å². The van der Waals surface area contributed by atoms with E-state index in [0.717, 1.165) is 31.9 Å². The average molecular weight is 350 g/mol. The van der Waals surface area contributed by atoms with Crippen LogP contribution in [0.2, 0.25) is 0 Å². The van der Waals surface area contributed by atoms with Crippen LogP contribution in [0.25, 0.3) is 0 Å². The van der Waals surface area contributed by atoms with Crippen molar-refractivity contribution in [2.75, 3.05) is 44.7 Å². The van der Waals surface area contributed by atoms with Crippen molar-refractivity contribution in [1.29, 1.82) is 0 Å². The van der Waals surface area contributed by atoms with Crippen LogP contribution in [-0.4, -0.2) is 60.5 Å². The molecule has 1 saturated heterocycles. The third kappa shape index (κ3) is 4.49. The third-order valence-corrected chi connectivity index (χ3v) is 4.70. The molecular formula is C21H26N4O. The predicted octanol–water partition coefficient (Wildman–Crippen LogP) is 2.66. The molecule has 26 heavy (non-hydrogen) atoms. The second-order valence-electron chi connectivity index (χ2n) is 6.63. The Morgan fingerprint density at radius 3 is 2.50 bits per heavy atom. The molecule has 0 atom stereocenters. The maximum absolute atomic E-state index is 12.9. The summed E-state index contributed by atoms with van der Waals surface area (Å²) >= 11 is 0. The number of carbonyl (C=O) groups is 1. The van der Waals surface area contributed by atoms with E-state index in [-0.39, 0.29) is 5.91 Å². The number of benzene rings is 1. The first-order valence-electron chi connectivity index (χ1n) is 9.01. The summed E-state index contributed by atoms with van der Waals surface area (Å²) in [5.74, 6) is 0.000445. The van der Waals surface area contributed by atoms with Gasteiger partial charge in [-0.3, -0.25) is 9.78 Å². The fourth-order valence-electron chi connectivity index (χ4n) is 3.12. The molecule has 1 amide bonds. The Morgan fingerprint density at radius 2 is 1.88 bits per heavy atom. The van der Waals surface area contributed by atoms with Gasteiger partial charge in [0, 0.05) is 50.2 Å². The molecule has 5 nitrogen and oxygen atoms in total. The highest BCUT2D eigenvalue weighted by Crippen LogP contribution is 2.18. The Hall–Kier alpha value is -2.66. The van der Waals surface area contributed by atoms with E-state index < -0.39 is 0 Å². The first-order valence-corrected chi connectivity index (χ1v) is 9.01. The highest BCUT2D eigenvalue weighted by molar-refractivity contribution is 5.94. The largest absolute Gasteiger partial charge is 0.369 e. The van der Waals surface area contributed by atoms with Gasteiger partial charge in [-0.15, -0.1) is 6.58 Å². The summed E-state index contributed by atoms with van der Waals surface area (Å²) in [5, 5.41) is 0. The van der Waals surface area contributed by atoms with Crippen LogP contribution >= 0.6 is 0 Å². The molecule has 1 fully saturated rings. The fourth-order valence-corrected chi connectivity index (χ4v) is 3.12. The quantitative estimate of drug-likeness (QED) is 0.751. The second-order valence-corrected chi connectivity index (χ2v) is 6.63. The van der Waals surface area contributed by atoms with E-state index in [1.54, 1.807) is 17.2 Å². The minimum absolute atomic E-state index is 0.000445. The van der Waals surface area contributed by atoms with Gasteiger partial charge in [0.25, 0.3) is 5.91 Å². The summed E-state index contributed by atoms with van der Waals surface area (Å²) in [7, 11) is 2.15. The van der Waals surface area contributed by atoms with Crippen molar-refractivity contribution < 1.29 is 4.79 Å². The lowest BCUT2D eigenvalue weighted by Crippen LogP contribution is -2.44. The lowest BCUT2D eigenvalue weighted by Gasteiger charge is -2.34. The van der Waals surface area contributed by atoms with Crippen LogP contribution in [0.15, 0.2) is 61.3 Å². The zero-order valence-electron chi connectivity index (χ0n) is 15.3. The fraction of sp³-hybridized carbons (Fsp3) is 0.333. The third-order valence-electron chi connectivity index (χ3n) is 4.70. The summed E-state index contributed by atoms with van der Waals surface area (Å²) in [6.07, 6.45) is 3.50. The predicted molar refractivity (Wildman–Crippen MR) is 105 cm³/mol. The van der Waals surface area contributed by atoms with Crippen molar-refractivity contribution >= 4 is 11.6 Å². The lowest BCUT2D eigenvalue weighted by molar-refractivity contribution is 0.0761. The molecule has 1 aliphatic heterocycles. The van der Waals surface area contributed by atoms with E-state index in [1.807, 2.05) is 42.5 Å². The zero-order chi connectivity index (χ0) is 18.4. The number of carbonyl (C=O) groups excluding carboxylic acids is 1. The molecule has 0 N–H and O–H groups in total. The van der Waals surface area contributed by atoms with Crippen LogP contribution in [0.5, 0.6) is 0 Å². The van der Waals surface area contributed by atoms with Crippen LogP contribution in [-0.2, 0) is 6.54 Å². The molecule has 2 aromatic rings. The Balaban J connectivity index is 1.69. The number of anilines is 1. The molecule has 0 saturated carbocycles. The Bertz CT molecular complexity index is 721. The van der Waals surface area contributed by atoms with Gasteiger partial charge >= 0.3 is 0 Å². The normalized spacial score (nSPS) is 14.9. The Labute approximate surface area is 155 Å².